The van der Waals surface area contributed by atoms with Crippen LogP contribution in [0.15, 0.2) is 27.6 Å². The topological polar surface area (TPSA) is 116 Å². The highest BCUT2D eigenvalue weighted by Crippen LogP contribution is 2.32. The average molecular weight is 405 g/mol. The number of carbonyl (C=O) groups excluding carboxylic acids is 2. The summed E-state index contributed by atoms with van der Waals surface area (Å²) in [6.07, 6.45) is 2.18. The standard InChI is InChI=1S/C14H17BrN2O5S/c1-8(9-2-3-9)17-13(18)7-22-14(19)11-6-10(23(16,20)21)4-5-12(11)15/h4-6,8-9H,2-3,7H2,1H3,(H,17,18)(H2,16,20,21)/t8-/m0/s1. The van der Waals surface area contributed by atoms with Crippen molar-refractivity contribution in [2.24, 2.45) is 11.1 Å². The lowest BCUT2D eigenvalue weighted by atomic mass is 10.2. The molecule has 23 heavy (non-hydrogen) atoms. The smallest absolute Gasteiger partial charge is 0.339 e. The Labute approximate surface area is 142 Å². The Morgan fingerprint density at radius 3 is 2.65 bits per heavy atom. The lowest BCUT2D eigenvalue weighted by Crippen LogP contribution is -2.37. The molecule has 0 spiro atoms. The molecule has 3 N–H and O–H groups in total. The Bertz CT molecular complexity index is 731. The van der Waals surface area contributed by atoms with Gasteiger partial charge in [0.15, 0.2) is 6.61 Å². The van der Waals surface area contributed by atoms with Gasteiger partial charge in [-0.25, -0.2) is 18.4 Å². The molecule has 126 valence electrons. The number of nitrogens with one attached hydrogen (secondary N) is 1. The quantitative estimate of drug-likeness (QED) is 0.690. The fourth-order valence-corrected chi connectivity index (χ4v) is 3.00. The van der Waals surface area contributed by atoms with E-state index < -0.39 is 28.5 Å². The van der Waals surface area contributed by atoms with E-state index in [9.17, 15) is 18.0 Å². The zero-order valence-electron chi connectivity index (χ0n) is 12.4. The second-order valence-corrected chi connectivity index (χ2v) is 7.87. The number of hydrogen-bond acceptors (Lipinski definition) is 5. The minimum atomic E-state index is -3.93. The van der Waals surface area contributed by atoms with Crippen molar-refractivity contribution in [1.29, 1.82) is 0 Å². The number of amides is 1. The minimum absolute atomic E-state index is 0.0143. The fraction of sp³-hybridized carbons (Fsp3) is 0.429. The van der Waals surface area contributed by atoms with E-state index in [0.717, 1.165) is 18.9 Å². The molecule has 0 unspecified atom stereocenters. The summed E-state index contributed by atoms with van der Waals surface area (Å²) in [6, 6.07) is 3.80. The van der Waals surface area contributed by atoms with Gasteiger partial charge >= 0.3 is 5.97 Å². The molecule has 0 aromatic heterocycles. The summed E-state index contributed by atoms with van der Waals surface area (Å²) in [5.74, 6) is -0.705. The van der Waals surface area contributed by atoms with Gasteiger partial charge < -0.3 is 10.1 Å². The summed E-state index contributed by atoms with van der Waals surface area (Å²) in [5, 5.41) is 7.78. The number of rotatable bonds is 6. The third kappa shape index (κ3) is 5.02. The molecule has 1 atom stereocenters. The molecule has 0 aliphatic heterocycles. The Balaban J connectivity index is 1.98. The number of primary sulfonamides is 1. The molecule has 2 rings (SSSR count). The first kappa shape index (κ1) is 17.9. The second-order valence-electron chi connectivity index (χ2n) is 5.46. The van der Waals surface area contributed by atoms with Gasteiger partial charge in [0.2, 0.25) is 10.0 Å². The Morgan fingerprint density at radius 1 is 1.43 bits per heavy atom. The average Bonchev–Trinajstić information content (AvgIpc) is 3.28. The van der Waals surface area contributed by atoms with Crippen molar-refractivity contribution >= 4 is 37.8 Å². The Kier molecular flexibility index (Phi) is 5.43. The molecule has 1 saturated carbocycles. The Morgan fingerprint density at radius 2 is 2.09 bits per heavy atom. The van der Waals surface area contributed by atoms with Gasteiger partial charge in [0, 0.05) is 10.5 Å². The maximum Gasteiger partial charge on any atom is 0.339 e. The summed E-state index contributed by atoms with van der Waals surface area (Å²) in [4.78, 5) is 23.5. The van der Waals surface area contributed by atoms with E-state index >= 15 is 0 Å². The van der Waals surface area contributed by atoms with Crippen molar-refractivity contribution in [1.82, 2.24) is 5.32 Å². The second kappa shape index (κ2) is 6.98. The highest BCUT2D eigenvalue weighted by atomic mass is 79.9. The molecule has 1 aromatic rings. The molecule has 9 heteroatoms. The molecule has 1 amide bonds. The zero-order valence-corrected chi connectivity index (χ0v) is 14.8. The molecule has 1 aromatic carbocycles. The third-order valence-corrected chi connectivity index (χ3v) is 5.14. The van der Waals surface area contributed by atoms with Crippen LogP contribution in [-0.4, -0.2) is 32.9 Å². The number of halogens is 1. The van der Waals surface area contributed by atoms with Crippen molar-refractivity contribution in [3.63, 3.8) is 0 Å². The number of nitrogens with two attached hydrogens (primary N) is 1. The molecular weight excluding hydrogens is 388 g/mol. The van der Waals surface area contributed by atoms with Crippen molar-refractivity contribution in [2.45, 2.75) is 30.7 Å². The number of carbonyl (C=O) groups is 2. The van der Waals surface area contributed by atoms with Gasteiger partial charge in [-0.2, -0.15) is 0 Å². The van der Waals surface area contributed by atoms with Crippen LogP contribution >= 0.6 is 15.9 Å². The van der Waals surface area contributed by atoms with Gasteiger partial charge in [0.25, 0.3) is 5.91 Å². The minimum Gasteiger partial charge on any atom is -0.452 e. The van der Waals surface area contributed by atoms with Gasteiger partial charge in [0.05, 0.1) is 10.5 Å². The summed E-state index contributed by atoms with van der Waals surface area (Å²) >= 11 is 3.14. The molecule has 0 radical (unpaired) electrons. The van der Waals surface area contributed by atoms with E-state index in [4.69, 9.17) is 9.88 Å². The highest BCUT2D eigenvalue weighted by Gasteiger charge is 2.29. The highest BCUT2D eigenvalue weighted by molar-refractivity contribution is 9.10. The summed E-state index contributed by atoms with van der Waals surface area (Å²) < 4.78 is 27.9. The molecule has 1 aliphatic rings. The SMILES string of the molecule is C[C@H](NC(=O)COC(=O)c1cc(S(N)(=O)=O)ccc1Br)C1CC1. The van der Waals surface area contributed by atoms with Gasteiger partial charge in [0.1, 0.15) is 0 Å². The van der Waals surface area contributed by atoms with Gasteiger partial charge in [-0.05, 0) is 59.8 Å². The van der Waals surface area contributed by atoms with Crippen molar-refractivity contribution in [3.8, 4) is 0 Å². The first-order valence-corrected chi connectivity index (χ1v) is 9.31. The summed E-state index contributed by atoms with van der Waals surface area (Å²) in [7, 11) is -3.93. The lowest BCUT2D eigenvalue weighted by molar-refractivity contribution is -0.124. The maximum absolute atomic E-state index is 12.0. The number of benzene rings is 1. The van der Waals surface area contributed by atoms with E-state index in [0.29, 0.717) is 10.4 Å². The molecule has 0 bridgehead atoms. The number of sulfonamides is 1. The van der Waals surface area contributed by atoms with Crippen LogP contribution < -0.4 is 10.5 Å². The van der Waals surface area contributed by atoms with Crippen molar-refractivity contribution < 1.29 is 22.7 Å². The first-order chi connectivity index (χ1) is 10.7. The van der Waals surface area contributed by atoms with Crippen LogP contribution in [0.3, 0.4) is 0 Å². The molecule has 7 nitrogen and oxygen atoms in total. The number of ether oxygens (including phenoxy) is 1. The first-order valence-electron chi connectivity index (χ1n) is 6.97. The van der Waals surface area contributed by atoms with E-state index in [2.05, 4.69) is 21.2 Å². The Hall–Kier alpha value is -1.45. The summed E-state index contributed by atoms with van der Waals surface area (Å²) in [6.45, 7) is 1.48. The molecule has 1 aliphatic carbocycles. The van der Waals surface area contributed by atoms with Crippen LogP contribution in [0.5, 0.6) is 0 Å². The van der Waals surface area contributed by atoms with E-state index in [1.165, 1.54) is 12.1 Å². The number of esters is 1. The van der Waals surface area contributed by atoms with E-state index in [1.807, 2.05) is 6.92 Å². The maximum atomic E-state index is 12.0. The van der Waals surface area contributed by atoms with Crippen LogP contribution in [0.4, 0.5) is 0 Å². The normalized spacial score (nSPS) is 15.8. The van der Waals surface area contributed by atoms with Gasteiger partial charge in [-0.3, -0.25) is 4.79 Å². The number of hydrogen-bond donors (Lipinski definition) is 2. The van der Waals surface area contributed by atoms with Crippen LogP contribution in [0, 0.1) is 5.92 Å². The summed E-state index contributed by atoms with van der Waals surface area (Å²) in [5.41, 5.74) is -0.0143. The van der Waals surface area contributed by atoms with Gasteiger partial charge in [-0.1, -0.05) is 0 Å². The fourth-order valence-electron chi connectivity index (χ4n) is 2.06. The molecule has 0 saturated heterocycles. The predicted octanol–water partition coefficient (Wildman–Crippen LogP) is 1.17. The zero-order chi connectivity index (χ0) is 17.2. The van der Waals surface area contributed by atoms with Crippen molar-refractivity contribution in [2.75, 3.05) is 6.61 Å². The van der Waals surface area contributed by atoms with Crippen LogP contribution in [0.1, 0.15) is 30.1 Å². The monoisotopic (exact) mass is 404 g/mol. The molecular formula is C14H17BrN2O5S. The molecule has 0 heterocycles. The van der Waals surface area contributed by atoms with Crippen molar-refractivity contribution in [3.05, 3.63) is 28.2 Å². The van der Waals surface area contributed by atoms with Crippen LogP contribution in [0.2, 0.25) is 0 Å². The van der Waals surface area contributed by atoms with Gasteiger partial charge in [-0.15, -0.1) is 0 Å². The van der Waals surface area contributed by atoms with Crippen LogP contribution in [-0.2, 0) is 19.6 Å². The van der Waals surface area contributed by atoms with Crippen LogP contribution in [0.25, 0.3) is 0 Å². The van der Waals surface area contributed by atoms with E-state index in [-0.39, 0.29) is 16.5 Å². The third-order valence-electron chi connectivity index (χ3n) is 3.54. The predicted molar refractivity (Wildman–Crippen MR) is 86.1 cm³/mol. The molecule has 1 fully saturated rings. The largest absolute Gasteiger partial charge is 0.452 e. The lowest BCUT2D eigenvalue weighted by Gasteiger charge is -2.13. The van der Waals surface area contributed by atoms with E-state index in [1.54, 1.807) is 0 Å².